The van der Waals surface area contributed by atoms with Crippen LogP contribution in [0, 0.1) is 3.57 Å². The molecule has 1 rings (SSSR count). The maximum Gasteiger partial charge on any atom is 0.241 e. The quantitative estimate of drug-likeness (QED) is 0.804. The number of carbonyl (C=O) groups excluding carboxylic acids is 1. The fourth-order valence-electron chi connectivity index (χ4n) is 0.906. The Kier molecular flexibility index (Phi) is 4.05. The molecular weight excluding hydrogens is 295 g/mol. The minimum Gasteiger partial charge on any atom is -0.358 e. The van der Waals surface area contributed by atoms with Gasteiger partial charge in [-0.2, -0.15) is 0 Å². The zero-order valence-electron chi connectivity index (χ0n) is 7.91. The zero-order chi connectivity index (χ0) is 10.6. The Hall–Kier alpha value is -0.920. The topological polar surface area (TPSA) is 66.9 Å². The van der Waals surface area contributed by atoms with Crippen molar-refractivity contribution in [1.82, 2.24) is 15.3 Å². The number of nitrogens with one attached hydrogen (secondary N) is 2. The SMILES string of the molecule is CNC(=O)C(C)Nc1ncncc1I. The number of anilines is 1. The summed E-state index contributed by atoms with van der Waals surface area (Å²) in [4.78, 5) is 19.1. The van der Waals surface area contributed by atoms with Gasteiger partial charge in [0.2, 0.25) is 5.91 Å². The molecule has 1 aromatic rings. The van der Waals surface area contributed by atoms with Crippen molar-refractivity contribution in [2.24, 2.45) is 0 Å². The lowest BCUT2D eigenvalue weighted by Crippen LogP contribution is -2.35. The Bertz CT molecular complexity index is 331. The second-order valence-corrected chi connectivity index (χ2v) is 3.86. The second-order valence-electron chi connectivity index (χ2n) is 2.70. The van der Waals surface area contributed by atoms with Gasteiger partial charge >= 0.3 is 0 Å². The van der Waals surface area contributed by atoms with Crippen molar-refractivity contribution < 1.29 is 4.79 Å². The summed E-state index contributed by atoms with van der Waals surface area (Å²) in [6, 6.07) is -0.302. The van der Waals surface area contributed by atoms with Gasteiger partial charge in [-0.3, -0.25) is 4.79 Å². The summed E-state index contributed by atoms with van der Waals surface area (Å²) in [6.45, 7) is 1.77. The van der Waals surface area contributed by atoms with Gasteiger partial charge < -0.3 is 10.6 Å². The van der Waals surface area contributed by atoms with Gasteiger partial charge in [0.1, 0.15) is 18.2 Å². The van der Waals surface area contributed by atoms with Crippen LogP contribution in [0.25, 0.3) is 0 Å². The number of amides is 1. The molecule has 0 spiro atoms. The molecule has 1 unspecified atom stereocenters. The van der Waals surface area contributed by atoms with E-state index in [2.05, 4.69) is 43.2 Å². The van der Waals surface area contributed by atoms with Crippen molar-refractivity contribution in [2.75, 3.05) is 12.4 Å². The van der Waals surface area contributed by atoms with E-state index in [9.17, 15) is 4.79 Å². The molecule has 0 aliphatic carbocycles. The minimum atomic E-state index is -0.302. The first-order valence-corrected chi connectivity index (χ1v) is 5.16. The van der Waals surface area contributed by atoms with Crippen LogP contribution in [-0.4, -0.2) is 29.0 Å². The van der Waals surface area contributed by atoms with E-state index in [-0.39, 0.29) is 11.9 Å². The summed E-state index contributed by atoms with van der Waals surface area (Å²) in [5.41, 5.74) is 0. The molecule has 1 amide bonds. The second kappa shape index (κ2) is 5.08. The summed E-state index contributed by atoms with van der Waals surface area (Å²) in [7, 11) is 1.60. The zero-order valence-corrected chi connectivity index (χ0v) is 10.1. The van der Waals surface area contributed by atoms with Crippen LogP contribution >= 0.6 is 22.6 Å². The molecule has 14 heavy (non-hydrogen) atoms. The van der Waals surface area contributed by atoms with Gasteiger partial charge in [-0.15, -0.1) is 0 Å². The molecule has 0 saturated heterocycles. The van der Waals surface area contributed by atoms with Crippen molar-refractivity contribution in [2.45, 2.75) is 13.0 Å². The fraction of sp³-hybridized carbons (Fsp3) is 0.375. The van der Waals surface area contributed by atoms with Crippen molar-refractivity contribution in [3.05, 3.63) is 16.1 Å². The first-order valence-electron chi connectivity index (χ1n) is 4.08. The number of likely N-dealkylation sites (N-methyl/N-ethyl adjacent to an activating group) is 1. The van der Waals surface area contributed by atoms with Crippen LogP contribution in [0.15, 0.2) is 12.5 Å². The highest BCUT2D eigenvalue weighted by molar-refractivity contribution is 14.1. The molecule has 0 aromatic carbocycles. The minimum absolute atomic E-state index is 0.0700. The van der Waals surface area contributed by atoms with Gasteiger partial charge in [-0.25, -0.2) is 9.97 Å². The van der Waals surface area contributed by atoms with Gasteiger partial charge in [0.25, 0.3) is 0 Å². The van der Waals surface area contributed by atoms with Crippen molar-refractivity contribution in [3.8, 4) is 0 Å². The van der Waals surface area contributed by atoms with Crippen molar-refractivity contribution in [3.63, 3.8) is 0 Å². The summed E-state index contributed by atoms with van der Waals surface area (Å²) < 4.78 is 0.890. The number of nitrogens with zero attached hydrogens (tertiary/aromatic N) is 2. The van der Waals surface area contributed by atoms with E-state index in [1.807, 2.05) is 0 Å². The molecule has 2 N–H and O–H groups in total. The molecule has 0 aliphatic rings. The van der Waals surface area contributed by atoms with Gasteiger partial charge in [0.05, 0.1) is 3.57 Å². The molecule has 1 atom stereocenters. The molecule has 6 heteroatoms. The summed E-state index contributed by atoms with van der Waals surface area (Å²) in [5, 5.41) is 5.55. The van der Waals surface area contributed by atoms with E-state index in [4.69, 9.17) is 0 Å². The van der Waals surface area contributed by atoms with Crippen LogP contribution in [0.3, 0.4) is 0 Å². The molecule has 0 fully saturated rings. The van der Waals surface area contributed by atoms with E-state index >= 15 is 0 Å². The Morgan fingerprint density at radius 3 is 2.93 bits per heavy atom. The Morgan fingerprint density at radius 1 is 1.64 bits per heavy atom. The lowest BCUT2D eigenvalue weighted by Gasteiger charge is -2.13. The van der Waals surface area contributed by atoms with Gasteiger partial charge in [0.15, 0.2) is 0 Å². The average Bonchev–Trinajstić information content (AvgIpc) is 2.20. The summed E-state index contributed by atoms with van der Waals surface area (Å²) in [6.07, 6.45) is 3.13. The van der Waals surface area contributed by atoms with Gasteiger partial charge in [-0.1, -0.05) is 0 Å². The molecular formula is C8H11IN4O. The predicted octanol–water partition coefficient (Wildman–Crippen LogP) is 0.628. The fourth-order valence-corrected chi connectivity index (χ4v) is 1.36. The van der Waals surface area contributed by atoms with Crippen molar-refractivity contribution >= 4 is 34.3 Å². The van der Waals surface area contributed by atoms with Crippen LogP contribution in [0.5, 0.6) is 0 Å². The van der Waals surface area contributed by atoms with E-state index in [0.717, 1.165) is 3.57 Å². The number of hydrogen-bond donors (Lipinski definition) is 2. The number of aromatic nitrogens is 2. The largest absolute Gasteiger partial charge is 0.358 e. The summed E-state index contributed by atoms with van der Waals surface area (Å²) >= 11 is 2.11. The molecule has 0 radical (unpaired) electrons. The predicted molar refractivity (Wildman–Crippen MR) is 61.9 cm³/mol. The lowest BCUT2D eigenvalue weighted by molar-refractivity contribution is -0.121. The third kappa shape index (κ3) is 2.79. The lowest BCUT2D eigenvalue weighted by atomic mass is 10.3. The highest BCUT2D eigenvalue weighted by Gasteiger charge is 2.12. The Balaban J connectivity index is 2.69. The van der Waals surface area contributed by atoms with Crippen molar-refractivity contribution in [1.29, 1.82) is 0 Å². The molecule has 0 saturated carbocycles. The number of halogens is 1. The third-order valence-corrected chi connectivity index (χ3v) is 2.45. The highest BCUT2D eigenvalue weighted by atomic mass is 127. The standard InChI is InChI=1S/C8H11IN4O/c1-5(8(14)10-2)13-7-6(9)3-11-4-12-7/h3-5H,1-2H3,(H,10,14)(H,11,12,13). The van der Waals surface area contributed by atoms with Gasteiger partial charge in [0, 0.05) is 13.2 Å². The van der Waals surface area contributed by atoms with E-state index in [0.29, 0.717) is 5.82 Å². The maximum atomic E-state index is 11.2. The maximum absolute atomic E-state index is 11.2. The number of hydrogen-bond acceptors (Lipinski definition) is 4. The van der Waals surface area contributed by atoms with Crippen LogP contribution in [0.2, 0.25) is 0 Å². The first-order chi connectivity index (χ1) is 6.65. The normalized spacial score (nSPS) is 11.9. The molecule has 1 heterocycles. The van der Waals surface area contributed by atoms with E-state index in [1.165, 1.54) is 6.33 Å². The summed E-state index contributed by atoms with van der Waals surface area (Å²) in [5.74, 6) is 0.608. The number of carbonyl (C=O) groups is 1. The Labute approximate surface area is 95.9 Å². The average molecular weight is 306 g/mol. The molecule has 0 aliphatic heterocycles. The van der Waals surface area contributed by atoms with E-state index in [1.54, 1.807) is 20.2 Å². The Morgan fingerprint density at radius 2 is 2.36 bits per heavy atom. The molecule has 1 aromatic heterocycles. The first kappa shape index (κ1) is 11.2. The van der Waals surface area contributed by atoms with Crippen LogP contribution < -0.4 is 10.6 Å². The smallest absolute Gasteiger partial charge is 0.241 e. The van der Waals surface area contributed by atoms with E-state index < -0.39 is 0 Å². The monoisotopic (exact) mass is 306 g/mol. The van der Waals surface area contributed by atoms with Crippen LogP contribution in [-0.2, 0) is 4.79 Å². The third-order valence-electron chi connectivity index (χ3n) is 1.66. The molecule has 0 bridgehead atoms. The van der Waals surface area contributed by atoms with Crippen LogP contribution in [0.4, 0.5) is 5.82 Å². The highest BCUT2D eigenvalue weighted by Crippen LogP contribution is 2.13. The molecule has 76 valence electrons. The van der Waals surface area contributed by atoms with Gasteiger partial charge in [-0.05, 0) is 29.5 Å². The molecule has 5 nitrogen and oxygen atoms in total. The number of rotatable bonds is 3. The van der Waals surface area contributed by atoms with Crippen LogP contribution in [0.1, 0.15) is 6.92 Å².